The monoisotopic (exact) mass is 568 g/mol. The molecule has 1 N–H and O–H groups in total. The van der Waals surface area contributed by atoms with Crippen LogP contribution in [0.15, 0.2) is 71.4 Å². The van der Waals surface area contributed by atoms with Crippen LogP contribution in [0.5, 0.6) is 0 Å². The Hall–Kier alpha value is -1.96. The molecule has 1 unspecified atom stereocenters. The SMILES string of the molecule is O=C(NCc1cccc(I)c1)C(CCN1CCC2(C=Cc3ccccc32)CC1)c1ccsc1. The number of benzene rings is 2. The van der Waals surface area contributed by atoms with Crippen molar-refractivity contribution in [3.8, 4) is 0 Å². The van der Waals surface area contributed by atoms with Crippen molar-refractivity contribution >= 4 is 45.9 Å². The molecule has 1 aliphatic carbocycles. The second kappa shape index (κ2) is 10.1. The van der Waals surface area contributed by atoms with Crippen LogP contribution in [0.4, 0.5) is 0 Å². The van der Waals surface area contributed by atoms with E-state index < -0.39 is 0 Å². The number of hydrogen-bond donors (Lipinski definition) is 1. The Kier molecular flexibility index (Phi) is 6.99. The van der Waals surface area contributed by atoms with Gasteiger partial charge in [0.15, 0.2) is 0 Å². The van der Waals surface area contributed by atoms with Crippen molar-refractivity contribution in [3.05, 3.63) is 97.3 Å². The van der Waals surface area contributed by atoms with E-state index in [0.717, 1.165) is 50.0 Å². The van der Waals surface area contributed by atoms with Crippen LogP contribution in [0.1, 0.15) is 47.4 Å². The Morgan fingerprint density at radius 3 is 2.76 bits per heavy atom. The largest absolute Gasteiger partial charge is 0.351 e. The Labute approximate surface area is 214 Å². The molecule has 0 saturated carbocycles. The van der Waals surface area contributed by atoms with E-state index in [0.29, 0.717) is 6.54 Å². The molecule has 5 rings (SSSR count). The maximum absolute atomic E-state index is 13.2. The van der Waals surface area contributed by atoms with Gasteiger partial charge in [0.05, 0.1) is 5.92 Å². The van der Waals surface area contributed by atoms with E-state index in [-0.39, 0.29) is 17.2 Å². The molecule has 5 heteroatoms. The minimum atomic E-state index is -0.0953. The fourth-order valence-corrected chi connectivity index (χ4v) is 6.56. The number of hydrogen-bond acceptors (Lipinski definition) is 3. The van der Waals surface area contributed by atoms with Gasteiger partial charge in [-0.3, -0.25) is 4.79 Å². The Balaban J connectivity index is 1.19. The van der Waals surface area contributed by atoms with E-state index in [4.69, 9.17) is 0 Å². The van der Waals surface area contributed by atoms with Crippen LogP contribution < -0.4 is 5.32 Å². The van der Waals surface area contributed by atoms with E-state index in [1.807, 2.05) is 6.07 Å². The average Bonchev–Trinajstić information content (AvgIpc) is 3.49. The van der Waals surface area contributed by atoms with Crippen molar-refractivity contribution in [2.75, 3.05) is 19.6 Å². The molecule has 1 atom stereocenters. The zero-order chi connectivity index (χ0) is 22.7. The third kappa shape index (κ3) is 5.10. The normalized spacial score (nSPS) is 17.7. The van der Waals surface area contributed by atoms with Crippen molar-refractivity contribution in [2.24, 2.45) is 0 Å². The van der Waals surface area contributed by atoms with Crippen LogP contribution in [-0.4, -0.2) is 30.4 Å². The van der Waals surface area contributed by atoms with E-state index >= 15 is 0 Å². The number of fused-ring (bicyclic) bond motifs is 2. The predicted molar refractivity (Wildman–Crippen MR) is 146 cm³/mol. The summed E-state index contributed by atoms with van der Waals surface area (Å²) in [5.74, 6) is 0.0374. The molecule has 2 heterocycles. The number of carbonyl (C=O) groups excluding carboxylic acids is 1. The molecule has 33 heavy (non-hydrogen) atoms. The van der Waals surface area contributed by atoms with Crippen molar-refractivity contribution < 1.29 is 4.79 Å². The van der Waals surface area contributed by atoms with Gasteiger partial charge in [-0.05, 0) is 113 Å². The van der Waals surface area contributed by atoms with Gasteiger partial charge in [-0.2, -0.15) is 11.3 Å². The molecule has 3 nitrogen and oxygen atoms in total. The summed E-state index contributed by atoms with van der Waals surface area (Å²) in [4.78, 5) is 15.7. The van der Waals surface area contributed by atoms with Gasteiger partial charge in [0.2, 0.25) is 5.91 Å². The summed E-state index contributed by atoms with van der Waals surface area (Å²) in [5.41, 5.74) is 5.38. The van der Waals surface area contributed by atoms with Gasteiger partial charge in [0, 0.05) is 15.5 Å². The van der Waals surface area contributed by atoms with Gasteiger partial charge in [0.25, 0.3) is 0 Å². The van der Waals surface area contributed by atoms with E-state index in [2.05, 4.69) is 104 Å². The highest BCUT2D eigenvalue weighted by Crippen LogP contribution is 2.43. The highest BCUT2D eigenvalue weighted by atomic mass is 127. The molecular weight excluding hydrogens is 539 g/mol. The van der Waals surface area contributed by atoms with Crippen LogP contribution >= 0.6 is 33.9 Å². The lowest BCUT2D eigenvalue weighted by Gasteiger charge is -2.39. The number of likely N-dealkylation sites (tertiary alicyclic amines) is 1. The lowest BCUT2D eigenvalue weighted by atomic mass is 9.74. The highest BCUT2D eigenvalue weighted by Gasteiger charge is 2.37. The summed E-state index contributed by atoms with van der Waals surface area (Å²) in [7, 11) is 0. The summed E-state index contributed by atoms with van der Waals surface area (Å²) in [5, 5.41) is 7.39. The standard InChI is InChI=1S/C28H29IN2OS/c29-24-6-3-4-21(18-24)19-30-27(32)25(23-10-17-33-20-23)9-14-31-15-12-28(13-16-31)11-8-22-5-1-2-7-26(22)28/h1-8,10-11,17-18,20,25H,9,12-16,19H2,(H,30,32). The second-order valence-corrected chi connectivity index (χ2v) is 11.2. The Morgan fingerprint density at radius 2 is 1.97 bits per heavy atom. The van der Waals surface area contributed by atoms with Gasteiger partial charge in [-0.15, -0.1) is 0 Å². The first-order valence-electron chi connectivity index (χ1n) is 11.7. The number of nitrogens with zero attached hydrogens (tertiary/aromatic N) is 1. The highest BCUT2D eigenvalue weighted by molar-refractivity contribution is 14.1. The van der Waals surface area contributed by atoms with E-state index in [1.165, 1.54) is 14.7 Å². The molecule has 1 aromatic heterocycles. The third-order valence-electron chi connectivity index (χ3n) is 7.18. The van der Waals surface area contributed by atoms with Crippen LogP contribution in [0, 0.1) is 3.57 Å². The number of nitrogens with one attached hydrogen (secondary N) is 1. The minimum absolute atomic E-state index is 0.0953. The van der Waals surface area contributed by atoms with Crippen LogP contribution in [0.2, 0.25) is 0 Å². The molecule has 1 fully saturated rings. The molecule has 0 bridgehead atoms. The summed E-state index contributed by atoms with van der Waals surface area (Å²) in [6.07, 6.45) is 7.90. The van der Waals surface area contributed by atoms with Crippen LogP contribution in [-0.2, 0) is 16.8 Å². The molecule has 2 aliphatic rings. The Bertz CT molecular complexity index is 1130. The fourth-order valence-electron chi connectivity index (χ4n) is 5.24. The number of piperidine rings is 1. The topological polar surface area (TPSA) is 32.3 Å². The zero-order valence-electron chi connectivity index (χ0n) is 18.7. The third-order valence-corrected chi connectivity index (χ3v) is 8.55. The number of rotatable bonds is 7. The summed E-state index contributed by atoms with van der Waals surface area (Å²) in [6, 6.07) is 19.2. The molecule has 170 valence electrons. The number of thiophene rings is 1. The molecular formula is C28H29IN2OS. The summed E-state index contributed by atoms with van der Waals surface area (Å²) in [6.45, 7) is 3.70. The van der Waals surface area contributed by atoms with Crippen molar-refractivity contribution in [2.45, 2.75) is 37.1 Å². The van der Waals surface area contributed by atoms with Crippen molar-refractivity contribution in [1.82, 2.24) is 10.2 Å². The quantitative estimate of drug-likeness (QED) is 0.344. The smallest absolute Gasteiger partial charge is 0.227 e. The lowest BCUT2D eigenvalue weighted by molar-refractivity contribution is -0.123. The van der Waals surface area contributed by atoms with Gasteiger partial charge >= 0.3 is 0 Å². The van der Waals surface area contributed by atoms with Crippen molar-refractivity contribution in [1.29, 1.82) is 0 Å². The summed E-state index contributed by atoms with van der Waals surface area (Å²) >= 11 is 3.98. The fraction of sp³-hybridized carbons (Fsp3) is 0.321. The molecule has 0 radical (unpaired) electrons. The lowest BCUT2D eigenvalue weighted by Crippen LogP contribution is -2.42. The molecule has 2 aromatic carbocycles. The van der Waals surface area contributed by atoms with Gasteiger partial charge in [-0.1, -0.05) is 48.6 Å². The first-order valence-corrected chi connectivity index (χ1v) is 13.7. The second-order valence-electron chi connectivity index (χ2n) is 9.16. The zero-order valence-corrected chi connectivity index (χ0v) is 21.6. The first kappa shape index (κ1) is 22.8. The number of carbonyl (C=O) groups is 1. The molecule has 1 spiro atoms. The van der Waals surface area contributed by atoms with E-state index in [9.17, 15) is 4.79 Å². The van der Waals surface area contributed by atoms with Gasteiger partial charge in [-0.25, -0.2) is 0 Å². The van der Waals surface area contributed by atoms with Crippen LogP contribution in [0.25, 0.3) is 6.08 Å². The van der Waals surface area contributed by atoms with Crippen molar-refractivity contribution in [3.63, 3.8) is 0 Å². The maximum atomic E-state index is 13.2. The number of halogens is 1. The molecule has 3 aromatic rings. The Morgan fingerprint density at radius 1 is 1.12 bits per heavy atom. The number of amides is 1. The molecule has 1 amide bonds. The van der Waals surface area contributed by atoms with Crippen LogP contribution in [0.3, 0.4) is 0 Å². The summed E-state index contributed by atoms with van der Waals surface area (Å²) < 4.78 is 1.19. The van der Waals surface area contributed by atoms with Gasteiger partial charge in [0.1, 0.15) is 0 Å². The molecule has 1 saturated heterocycles. The average molecular weight is 569 g/mol. The van der Waals surface area contributed by atoms with E-state index in [1.54, 1.807) is 11.3 Å². The number of allylic oxidation sites excluding steroid dienone is 1. The molecule has 1 aliphatic heterocycles. The minimum Gasteiger partial charge on any atom is -0.351 e. The predicted octanol–water partition coefficient (Wildman–Crippen LogP) is 6.20. The van der Waals surface area contributed by atoms with Gasteiger partial charge < -0.3 is 10.2 Å². The first-order chi connectivity index (χ1) is 16.1. The maximum Gasteiger partial charge on any atom is 0.227 e.